The van der Waals surface area contributed by atoms with Crippen molar-refractivity contribution in [3.8, 4) is 6.07 Å². The maximum atomic E-state index is 13.1. The van der Waals surface area contributed by atoms with Crippen molar-refractivity contribution < 1.29 is 9.53 Å². The van der Waals surface area contributed by atoms with Gasteiger partial charge in [-0.25, -0.2) is 4.98 Å². The first-order chi connectivity index (χ1) is 12.7. The van der Waals surface area contributed by atoms with E-state index in [9.17, 15) is 9.59 Å². The Kier molecular flexibility index (Phi) is 6.29. The molecule has 0 aromatic carbocycles. The van der Waals surface area contributed by atoms with Gasteiger partial charge in [-0.3, -0.25) is 14.2 Å². The first-order valence-electron chi connectivity index (χ1n) is 8.46. The molecule has 1 aliphatic carbocycles. The van der Waals surface area contributed by atoms with E-state index in [0.29, 0.717) is 24.9 Å². The van der Waals surface area contributed by atoms with Crippen LogP contribution in [0.15, 0.2) is 9.95 Å². The number of fused-ring (bicyclic) bond motifs is 3. The van der Waals surface area contributed by atoms with Crippen molar-refractivity contribution in [1.29, 1.82) is 5.26 Å². The van der Waals surface area contributed by atoms with E-state index in [4.69, 9.17) is 10.00 Å². The number of nitrogens with one attached hydrogen (secondary N) is 1. The van der Waals surface area contributed by atoms with Crippen LogP contribution in [0.2, 0.25) is 0 Å². The van der Waals surface area contributed by atoms with Crippen LogP contribution in [0.25, 0.3) is 10.2 Å². The minimum absolute atomic E-state index is 0.0427. The minimum Gasteiger partial charge on any atom is -0.383 e. The zero-order valence-corrected chi connectivity index (χ0v) is 16.2. The zero-order chi connectivity index (χ0) is 18.5. The van der Waals surface area contributed by atoms with E-state index in [-0.39, 0.29) is 23.6 Å². The van der Waals surface area contributed by atoms with Gasteiger partial charge >= 0.3 is 0 Å². The number of aromatic nitrogens is 2. The molecule has 0 saturated carbocycles. The van der Waals surface area contributed by atoms with Gasteiger partial charge in [0.25, 0.3) is 5.56 Å². The Bertz CT molecular complexity index is 913. The highest BCUT2D eigenvalue weighted by molar-refractivity contribution is 7.99. The van der Waals surface area contributed by atoms with Gasteiger partial charge in [-0.2, -0.15) is 5.26 Å². The lowest BCUT2D eigenvalue weighted by Crippen LogP contribution is -2.28. The van der Waals surface area contributed by atoms with Gasteiger partial charge in [-0.15, -0.1) is 11.3 Å². The third-order valence-corrected chi connectivity index (χ3v) is 6.36. The topological polar surface area (TPSA) is 97.0 Å². The van der Waals surface area contributed by atoms with Crippen molar-refractivity contribution in [2.75, 3.05) is 26.0 Å². The van der Waals surface area contributed by atoms with Gasteiger partial charge in [0.05, 0.1) is 36.8 Å². The monoisotopic (exact) mass is 392 g/mol. The summed E-state index contributed by atoms with van der Waals surface area (Å²) in [6.45, 7) is 1.14. The Morgan fingerprint density at radius 3 is 3.12 bits per heavy atom. The van der Waals surface area contributed by atoms with Crippen molar-refractivity contribution in [1.82, 2.24) is 14.9 Å². The number of thioether (sulfide) groups is 1. The number of amides is 1. The van der Waals surface area contributed by atoms with E-state index in [0.717, 1.165) is 35.0 Å². The largest absolute Gasteiger partial charge is 0.383 e. The third kappa shape index (κ3) is 3.92. The first kappa shape index (κ1) is 18.9. The molecule has 0 bridgehead atoms. The summed E-state index contributed by atoms with van der Waals surface area (Å²) in [5.74, 6) is -0.0203. The van der Waals surface area contributed by atoms with Gasteiger partial charge in [0, 0.05) is 18.5 Å². The molecule has 1 aliphatic rings. The molecule has 26 heavy (non-hydrogen) atoms. The van der Waals surface area contributed by atoms with E-state index in [1.165, 1.54) is 16.6 Å². The average molecular weight is 393 g/mol. The highest BCUT2D eigenvalue weighted by Gasteiger charge is 2.23. The molecule has 0 saturated heterocycles. The van der Waals surface area contributed by atoms with Gasteiger partial charge in [0.1, 0.15) is 4.83 Å². The molecule has 7 nitrogen and oxygen atoms in total. The molecular weight excluding hydrogens is 372 g/mol. The van der Waals surface area contributed by atoms with E-state index in [1.54, 1.807) is 23.0 Å². The lowest BCUT2D eigenvalue weighted by atomic mass is 10.2. The third-order valence-electron chi connectivity index (χ3n) is 4.20. The van der Waals surface area contributed by atoms with Crippen LogP contribution in [-0.4, -0.2) is 41.5 Å². The molecule has 0 fully saturated rings. The van der Waals surface area contributed by atoms with Crippen molar-refractivity contribution in [3.63, 3.8) is 0 Å². The summed E-state index contributed by atoms with van der Waals surface area (Å²) in [5, 5.41) is 12.5. The van der Waals surface area contributed by atoms with Gasteiger partial charge < -0.3 is 10.1 Å². The highest BCUT2D eigenvalue weighted by atomic mass is 32.2. The molecule has 138 valence electrons. The maximum Gasteiger partial charge on any atom is 0.263 e. The van der Waals surface area contributed by atoms with Crippen LogP contribution in [0.1, 0.15) is 23.3 Å². The molecule has 0 radical (unpaired) electrons. The number of nitrogens with zero attached hydrogens (tertiary/aromatic N) is 3. The number of carbonyl (C=O) groups excluding carboxylic acids is 1. The second kappa shape index (κ2) is 8.66. The van der Waals surface area contributed by atoms with Crippen LogP contribution in [0.5, 0.6) is 0 Å². The van der Waals surface area contributed by atoms with Crippen LogP contribution >= 0.6 is 23.1 Å². The lowest BCUT2D eigenvalue weighted by Gasteiger charge is -2.12. The Hall–Kier alpha value is -1.89. The first-order valence-corrected chi connectivity index (χ1v) is 10.3. The number of hydrogen-bond acceptors (Lipinski definition) is 7. The number of aryl methyl sites for hydroxylation is 2. The minimum atomic E-state index is -0.174. The van der Waals surface area contributed by atoms with Crippen LogP contribution in [0.3, 0.4) is 0 Å². The summed E-state index contributed by atoms with van der Waals surface area (Å²) in [4.78, 5) is 31.7. The Morgan fingerprint density at radius 1 is 1.50 bits per heavy atom. The predicted molar refractivity (Wildman–Crippen MR) is 102 cm³/mol. The van der Waals surface area contributed by atoms with Crippen molar-refractivity contribution >= 4 is 39.2 Å². The fourth-order valence-electron chi connectivity index (χ4n) is 2.99. The van der Waals surface area contributed by atoms with Gasteiger partial charge in [-0.1, -0.05) is 11.8 Å². The van der Waals surface area contributed by atoms with Gasteiger partial charge in [-0.05, 0) is 24.8 Å². The normalized spacial score (nSPS) is 12.9. The molecule has 9 heteroatoms. The average Bonchev–Trinajstić information content (AvgIpc) is 3.20. The number of ether oxygens (including phenoxy) is 1. The summed E-state index contributed by atoms with van der Waals surface area (Å²) < 4.78 is 6.74. The smallest absolute Gasteiger partial charge is 0.263 e. The second-order valence-corrected chi connectivity index (χ2v) is 7.95. The summed E-state index contributed by atoms with van der Waals surface area (Å²) in [6.07, 6.45) is 3.32. The maximum absolute atomic E-state index is 13.1. The summed E-state index contributed by atoms with van der Waals surface area (Å²) in [5.41, 5.74) is 1.11. The molecule has 0 spiro atoms. The Morgan fingerprint density at radius 2 is 2.35 bits per heavy atom. The van der Waals surface area contributed by atoms with Crippen LogP contribution in [-0.2, 0) is 28.9 Å². The van der Waals surface area contributed by atoms with Crippen molar-refractivity contribution in [2.45, 2.75) is 37.4 Å². The molecular formula is C17H20N4O3S2. The standard InChI is InChI=1S/C17H20N4O3S2/c1-24-9-8-21-16(23)14-11-4-2-5-12(11)26-15(14)20-17(21)25-10-13(22)19-7-3-6-18/h2-5,7-10H2,1H3,(H,19,22). The molecule has 1 amide bonds. The van der Waals surface area contributed by atoms with Gasteiger partial charge in [0.15, 0.2) is 5.16 Å². The fourth-order valence-corrected chi connectivity index (χ4v) is 5.14. The number of nitriles is 1. The van der Waals surface area contributed by atoms with E-state index < -0.39 is 0 Å². The second-order valence-electron chi connectivity index (χ2n) is 5.93. The van der Waals surface area contributed by atoms with E-state index in [2.05, 4.69) is 10.3 Å². The number of rotatable bonds is 8. The van der Waals surface area contributed by atoms with Crippen LogP contribution < -0.4 is 10.9 Å². The van der Waals surface area contributed by atoms with Crippen molar-refractivity contribution in [3.05, 3.63) is 20.8 Å². The zero-order valence-electron chi connectivity index (χ0n) is 14.5. The summed E-state index contributed by atoms with van der Waals surface area (Å²) in [7, 11) is 1.59. The van der Waals surface area contributed by atoms with Gasteiger partial charge in [0.2, 0.25) is 5.91 Å². The molecule has 3 rings (SSSR count). The van der Waals surface area contributed by atoms with Crippen LogP contribution in [0.4, 0.5) is 0 Å². The van der Waals surface area contributed by atoms with E-state index >= 15 is 0 Å². The molecule has 0 aliphatic heterocycles. The molecule has 0 atom stereocenters. The SMILES string of the molecule is COCCn1c(SCC(=O)NCCC#N)nc2sc3c(c2c1=O)CCC3. The molecule has 2 heterocycles. The number of thiophene rings is 1. The number of methoxy groups -OCH3 is 1. The predicted octanol–water partition coefficient (Wildman–Crippen LogP) is 1.72. The summed E-state index contributed by atoms with van der Waals surface area (Å²) >= 11 is 2.83. The molecule has 1 N–H and O–H groups in total. The number of carbonyl (C=O) groups is 1. The lowest BCUT2D eigenvalue weighted by molar-refractivity contribution is -0.118. The van der Waals surface area contributed by atoms with E-state index in [1.807, 2.05) is 6.07 Å². The quantitative estimate of drug-likeness (QED) is 0.417. The Balaban J connectivity index is 1.87. The molecule has 0 unspecified atom stereocenters. The molecule has 2 aromatic rings. The summed E-state index contributed by atoms with van der Waals surface area (Å²) in [6, 6.07) is 1.98. The molecule has 2 aromatic heterocycles. The number of hydrogen-bond donors (Lipinski definition) is 1. The van der Waals surface area contributed by atoms with Crippen molar-refractivity contribution in [2.24, 2.45) is 0 Å². The fraction of sp³-hybridized carbons (Fsp3) is 0.529. The highest BCUT2D eigenvalue weighted by Crippen LogP contribution is 2.35. The van der Waals surface area contributed by atoms with Crippen LogP contribution in [0, 0.1) is 11.3 Å². The Labute approximate surface area is 159 Å².